The number of ketones is 1. The summed E-state index contributed by atoms with van der Waals surface area (Å²) in [6.07, 6.45) is -0.420. The number of rotatable bonds is 5. The van der Waals surface area contributed by atoms with E-state index in [4.69, 9.17) is 16.0 Å². The van der Waals surface area contributed by atoms with Crippen LogP contribution in [-0.2, 0) is 16.9 Å². The van der Waals surface area contributed by atoms with Crippen LogP contribution in [0.15, 0.2) is 59.0 Å². The molecule has 5 nitrogen and oxygen atoms in total. The highest BCUT2D eigenvalue weighted by atomic mass is 35.5. The highest BCUT2D eigenvalue weighted by molar-refractivity contribution is 6.31. The van der Waals surface area contributed by atoms with Gasteiger partial charge in [0.2, 0.25) is 5.78 Å². The summed E-state index contributed by atoms with van der Waals surface area (Å²) in [6.45, 7) is 4.00. The summed E-state index contributed by atoms with van der Waals surface area (Å²) in [6, 6.07) is 15.9. The summed E-state index contributed by atoms with van der Waals surface area (Å²) in [4.78, 5) is 27.5. The number of Topliss-reactive ketones (excluding diaryl/α,β-unsaturated/α-hetero) is 1. The molecule has 2 aromatic carbocycles. The van der Waals surface area contributed by atoms with E-state index in [1.54, 1.807) is 37.3 Å². The van der Waals surface area contributed by atoms with Crippen LogP contribution in [-0.4, -0.2) is 16.8 Å². The highest BCUT2D eigenvalue weighted by Gasteiger charge is 2.51. The third kappa shape index (κ3) is 3.48. The standard InChI is InChI=1S/C23H20ClNO4/c1-14-3-6-16(7-4-14)13-25-19-9-8-17(24)11-18(19)23(28,22(25)27)12-20(26)21-10-5-15(2)29-21/h3-11,28H,12-13H2,1-2H3/t23-/m1/s1. The molecular weight excluding hydrogens is 390 g/mol. The Bertz CT molecular complexity index is 1100. The smallest absolute Gasteiger partial charge is 0.264 e. The average Bonchev–Trinajstić information content (AvgIpc) is 3.20. The second-order valence-electron chi connectivity index (χ2n) is 7.41. The monoisotopic (exact) mass is 409 g/mol. The molecule has 0 unspecified atom stereocenters. The minimum atomic E-state index is -2.00. The number of hydrogen-bond acceptors (Lipinski definition) is 4. The molecule has 3 aromatic rings. The van der Waals surface area contributed by atoms with Gasteiger partial charge in [0.25, 0.3) is 5.91 Å². The normalized spacial score (nSPS) is 18.2. The van der Waals surface area contributed by atoms with Crippen LogP contribution in [0.3, 0.4) is 0 Å². The van der Waals surface area contributed by atoms with Crippen molar-refractivity contribution in [1.82, 2.24) is 0 Å². The van der Waals surface area contributed by atoms with Crippen molar-refractivity contribution >= 4 is 29.0 Å². The molecule has 0 bridgehead atoms. The maximum atomic E-state index is 13.3. The molecule has 6 heteroatoms. The van der Waals surface area contributed by atoms with E-state index in [0.29, 0.717) is 22.0 Å². The fourth-order valence-corrected chi connectivity index (χ4v) is 3.80. The van der Waals surface area contributed by atoms with Crippen LogP contribution in [0.2, 0.25) is 5.02 Å². The largest absolute Gasteiger partial charge is 0.458 e. The topological polar surface area (TPSA) is 70.8 Å². The Morgan fingerprint density at radius 2 is 1.83 bits per heavy atom. The van der Waals surface area contributed by atoms with Gasteiger partial charge in [-0.25, -0.2) is 0 Å². The third-order valence-corrected chi connectivity index (χ3v) is 5.42. The predicted molar refractivity (Wildman–Crippen MR) is 110 cm³/mol. The fraction of sp³-hybridized carbons (Fsp3) is 0.217. The van der Waals surface area contributed by atoms with Gasteiger partial charge >= 0.3 is 0 Å². The van der Waals surface area contributed by atoms with Gasteiger partial charge < -0.3 is 14.4 Å². The van der Waals surface area contributed by atoms with Gasteiger partial charge in [0.15, 0.2) is 11.4 Å². The predicted octanol–water partition coefficient (Wildman–Crippen LogP) is 4.56. The first-order chi connectivity index (χ1) is 13.8. The van der Waals surface area contributed by atoms with Crippen molar-refractivity contribution in [2.24, 2.45) is 0 Å². The molecule has 1 atom stereocenters. The molecule has 4 rings (SSSR count). The molecule has 1 aliphatic rings. The van der Waals surface area contributed by atoms with E-state index in [1.807, 2.05) is 31.2 Å². The van der Waals surface area contributed by atoms with Gasteiger partial charge in [0.1, 0.15) is 5.76 Å². The highest BCUT2D eigenvalue weighted by Crippen LogP contribution is 2.44. The Labute approximate surface area is 173 Å². The molecule has 1 amide bonds. The molecule has 2 heterocycles. The number of anilines is 1. The van der Waals surface area contributed by atoms with Crippen LogP contribution in [0, 0.1) is 13.8 Å². The first-order valence-corrected chi connectivity index (χ1v) is 9.65. The SMILES string of the molecule is Cc1ccc(CN2C(=O)[C@@](O)(CC(=O)c3ccc(C)o3)c3cc(Cl)ccc32)cc1. The Hall–Kier alpha value is -2.89. The Morgan fingerprint density at radius 1 is 1.10 bits per heavy atom. The Morgan fingerprint density at radius 3 is 2.48 bits per heavy atom. The van der Waals surface area contributed by atoms with Gasteiger partial charge in [-0.3, -0.25) is 9.59 Å². The molecule has 1 aromatic heterocycles. The van der Waals surface area contributed by atoms with E-state index in [-0.39, 0.29) is 12.3 Å². The zero-order chi connectivity index (χ0) is 20.8. The third-order valence-electron chi connectivity index (χ3n) is 5.19. The van der Waals surface area contributed by atoms with Gasteiger partial charge in [-0.15, -0.1) is 0 Å². The van der Waals surface area contributed by atoms with Crippen LogP contribution >= 0.6 is 11.6 Å². The number of carbonyl (C=O) groups is 2. The van der Waals surface area contributed by atoms with E-state index in [0.717, 1.165) is 11.1 Å². The minimum absolute atomic E-state index is 0.115. The van der Waals surface area contributed by atoms with E-state index in [1.165, 1.54) is 4.90 Å². The Kier molecular flexibility index (Phi) is 4.81. The van der Waals surface area contributed by atoms with Crippen LogP contribution < -0.4 is 4.90 Å². The van der Waals surface area contributed by atoms with E-state index >= 15 is 0 Å². The van der Waals surface area contributed by atoms with Crippen molar-refractivity contribution in [3.63, 3.8) is 0 Å². The number of aryl methyl sites for hydroxylation is 2. The van der Waals surface area contributed by atoms with Crippen molar-refractivity contribution in [1.29, 1.82) is 0 Å². The average molecular weight is 410 g/mol. The number of amides is 1. The van der Waals surface area contributed by atoms with Crippen LogP contribution in [0.5, 0.6) is 0 Å². The van der Waals surface area contributed by atoms with Crippen molar-refractivity contribution in [2.45, 2.75) is 32.4 Å². The lowest BCUT2D eigenvalue weighted by atomic mass is 9.89. The zero-order valence-corrected chi connectivity index (χ0v) is 16.9. The number of halogens is 1. The van der Waals surface area contributed by atoms with Crippen LogP contribution in [0.4, 0.5) is 5.69 Å². The molecule has 1 aliphatic heterocycles. The first-order valence-electron chi connectivity index (χ1n) is 9.27. The molecule has 1 N–H and O–H groups in total. The quantitative estimate of drug-likeness (QED) is 0.627. The van der Waals surface area contributed by atoms with Crippen molar-refractivity contribution in [3.8, 4) is 0 Å². The number of nitrogens with zero attached hydrogens (tertiary/aromatic N) is 1. The molecular formula is C23H20ClNO4. The number of furan rings is 1. The van der Waals surface area contributed by atoms with E-state index in [9.17, 15) is 14.7 Å². The van der Waals surface area contributed by atoms with Gasteiger partial charge in [-0.1, -0.05) is 41.4 Å². The molecule has 29 heavy (non-hydrogen) atoms. The molecule has 0 spiro atoms. The molecule has 0 radical (unpaired) electrons. The van der Waals surface area contributed by atoms with Gasteiger partial charge in [-0.05, 0) is 49.7 Å². The first kappa shape index (κ1) is 19.4. The fourth-order valence-electron chi connectivity index (χ4n) is 3.63. The molecule has 0 aliphatic carbocycles. The Balaban J connectivity index is 1.71. The molecule has 0 fully saturated rings. The van der Waals surface area contributed by atoms with Crippen molar-refractivity contribution < 1.29 is 19.1 Å². The maximum Gasteiger partial charge on any atom is 0.264 e. The van der Waals surface area contributed by atoms with Gasteiger partial charge in [0, 0.05) is 10.6 Å². The molecule has 0 saturated heterocycles. The lowest BCUT2D eigenvalue weighted by molar-refractivity contribution is -0.136. The minimum Gasteiger partial charge on any atom is -0.458 e. The van der Waals surface area contributed by atoms with Crippen LogP contribution in [0.1, 0.15) is 39.4 Å². The zero-order valence-electron chi connectivity index (χ0n) is 16.1. The molecule has 0 saturated carbocycles. The summed E-state index contributed by atoms with van der Waals surface area (Å²) < 4.78 is 5.37. The second kappa shape index (κ2) is 7.17. The van der Waals surface area contributed by atoms with E-state index < -0.39 is 23.7 Å². The maximum absolute atomic E-state index is 13.3. The summed E-state index contributed by atoms with van der Waals surface area (Å²) >= 11 is 6.14. The summed E-state index contributed by atoms with van der Waals surface area (Å²) in [5.41, 5.74) is 0.916. The number of fused-ring (bicyclic) bond motifs is 1. The number of aliphatic hydroxyl groups is 1. The summed E-state index contributed by atoms with van der Waals surface area (Å²) in [5.74, 6) is -0.296. The molecule has 148 valence electrons. The van der Waals surface area contributed by atoms with Gasteiger partial charge in [0.05, 0.1) is 18.7 Å². The number of carbonyl (C=O) groups excluding carboxylic acids is 2. The van der Waals surface area contributed by atoms with Crippen molar-refractivity contribution in [2.75, 3.05) is 4.90 Å². The number of hydrogen-bond donors (Lipinski definition) is 1. The summed E-state index contributed by atoms with van der Waals surface area (Å²) in [7, 11) is 0. The number of benzene rings is 2. The van der Waals surface area contributed by atoms with Crippen LogP contribution in [0.25, 0.3) is 0 Å². The van der Waals surface area contributed by atoms with E-state index in [2.05, 4.69) is 0 Å². The van der Waals surface area contributed by atoms with Crippen molar-refractivity contribution in [3.05, 3.63) is 87.8 Å². The summed E-state index contributed by atoms with van der Waals surface area (Å²) in [5, 5.41) is 11.7. The second-order valence-corrected chi connectivity index (χ2v) is 7.85. The lowest BCUT2D eigenvalue weighted by Crippen LogP contribution is -2.41. The van der Waals surface area contributed by atoms with Gasteiger partial charge in [-0.2, -0.15) is 0 Å². The lowest BCUT2D eigenvalue weighted by Gasteiger charge is -2.22.